The number of para-hydroxylation sites is 3. The lowest BCUT2D eigenvalue weighted by atomic mass is 9.93. The Morgan fingerprint density at radius 3 is 1.59 bits per heavy atom. The van der Waals surface area contributed by atoms with E-state index in [-0.39, 0.29) is 0 Å². The molecule has 0 aliphatic heterocycles. The molecule has 0 atom stereocenters. The van der Waals surface area contributed by atoms with Crippen LogP contribution >= 0.6 is 0 Å². The number of nitrogens with zero attached hydrogens (tertiary/aromatic N) is 4. The van der Waals surface area contributed by atoms with E-state index < -0.39 is 0 Å². The third-order valence-corrected chi connectivity index (χ3v) is 11.2. The molecule has 12 aromatic rings. The molecule has 0 amide bonds. The summed E-state index contributed by atoms with van der Waals surface area (Å²) < 4.78 is 12.8. The van der Waals surface area contributed by atoms with Crippen LogP contribution in [0.1, 0.15) is 0 Å². The molecule has 0 radical (unpaired) electrons. The molecule has 0 fully saturated rings. The van der Waals surface area contributed by atoms with Crippen LogP contribution in [0.3, 0.4) is 0 Å². The minimum absolute atomic E-state index is 0.584. The predicted molar refractivity (Wildman–Crippen MR) is 234 cm³/mol. The Balaban J connectivity index is 1.00. The summed E-state index contributed by atoms with van der Waals surface area (Å²) in [6.07, 6.45) is 0. The zero-order valence-electron chi connectivity index (χ0n) is 30.9. The monoisotopic (exact) mass is 742 g/mol. The van der Waals surface area contributed by atoms with Crippen LogP contribution in [-0.4, -0.2) is 19.9 Å². The maximum absolute atomic E-state index is 6.48. The minimum Gasteiger partial charge on any atom is -0.455 e. The fourth-order valence-electron chi connectivity index (χ4n) is 8.47. The van der Waals surface area contributed by atoms with Crippen LogP contribution < -0.4 is 0 Å². The summed E-state index contributed by atoms with van der Waals surface area (Å²) in [6.45, 7) is 0. The summed E-state index contributed by atoms with van der Waals surface area (Å²) in [5.41, 5.74) is 9.87. The van der Waals surface area contributed by atoms with Gasteiger partial charge >= 0.3 is 0 Å². The van der Waals surface area contributed by atoms with Crippen LogP contribution in [-0.2, 0) is 0 Å². The summed E-state index contributed by atoms with van der Waals surface area (Å²) >= 11 is 0. The second kappa shape index (κ2) is 12.8. The number of pyridine rings is 1. The van der Waals surface area contributed by atoms with Crippen molar-refractivity contribution in [3.63, 3.8) is 0 Å². The molecule has 0 saturated heterocycles. The third kappa shape index (κ3) is 5.05. The van der Waals surface area contributed by atoms with E-state index in [0.717, 1.165) is 98.9 Å². The Labute approximate surface area is 331 Å². The van der Waals surface area contributed by atoms with Gasteiger partial charge in [-0.3, -0.25) is 0 Å². The first-order valence-corrected chi connectivity index (χ1v) is 19.3. The van der Waals surface area contributed by atoms with Crippen molar-refractivity contribution in [3.05, 3.63) is 182 Å². The molecule has 0 aliphatic rings. The molecule has 0 unspecified atom stereocenters. The topological polar surface area (TPSA) is 77.8 Å². The number of benzene rings is 8. The quantitative estimate of drug-likeness (QED) is 0.175. The Kier molecular flexibility index (Phi) is 7.13. The number of aromatic nitrogens is 4. The van der Waals surface area contributed by atoms with Gasteiger partial charge in [-0.15, -0.1) is 0 Å². The van der Waals surface area contributed by atoms with Gasteiger partial charge in [-0.05, 0) is 39.9 Å². The van der Waals surface area contributed by atoms with E-state index in [9.17, 15) is 0 Å². The number of rotatable bonds is 5. The smallest absolute Gasteiger partial charge is 0.228 e. The van der Waals surface area contributed by atoms with Crippen molar-refractivity contribution in [2.24, 2.45) is 0 Å². The van der Waals surface area contributed by atoms with E-state index in [1.165, 1.54) is 0 Å². The van der Waals surface area contributed by atoms with E-state index in [1.54, 1.807) is 0 Å². The predicted octanol–water partition coefficient (Wildman–Crippen LogP) is 13.7. The Morgan fingerprint density at radius 2 is 0.828 bits per heavy atom. The summed E-state index contributed by atoms with van der Waals surface area (Å²) in [4.78, 5) is 20.4. The number of furan rings is 2. The van der Waals surface area contributed by atoms with Gasteiger partial charge in [-0.1, -0.05) is 164 Å². The van der Waals surface area contributed by atoms with E-state index in [4.69, 9.17) is 28.8 Å². The van der Waals surface area contributed by atoms with Gasteiger partial charge < -0.3 is 8.83 Å². The molecule has 8 aromatic carbocycles. The molecule has 0 spiro atoms. The summed E-state index contributed by atoms with van der Waals surface area (Å²) in [5.74, 6) is 1.79. The SMILES string of the molecule is c1ccc(-c2nc(-c3ccc(-c4nc5oc6ccccc6c5c5ccccc45)cc3)nc(-c3ccc(-c4cccc5c4oc4ccccc45)c4ccccc34)n2)cc1. The van der Waals surface area contributed by atoms with Crippen molar-refractivity contribution in [1.29, 1.82) is 0 Å². The van der Waals surface area contributed by atoms with E-state index in [1.807, 2.05) is 60.7 Å². The summed E-state index contributed by atoms with van der Waals surface area (Å²) in [5, 5.41) is 8.60. The van der Waals surface area contributed by atoms with Gasteiger partial charge in [0, 0.05) is 49.4 Å². The van der Waals surface area contributed by atoms with E-state index in [0.29, 0.717) is 23.2 Å². The Bertz CT molecular complexity index is 3570. The zero-order chi connectivity index (χ0) is 38.2. The normalized spacial score (nSPS) is 11.8. The van der Waals surface area contributed by atoms with Crippen LogP contribution in [0.25, 0.3) is 122 Å². The van der Waals surface area contributed by atoms with Gasteiger partial charge in [0.25, 0.3) is 0 Å². The van der Waals surface area contributed by atoms with Crippen LogP contribution in [0.15, 0.2) is 191 Å². The van der Waals surface area contributed by atoms with Gasteiger partial charge in [0.15, 0.2) is 17.5 Å². The standard InChI is InChI=1S/C52H30N4O2/c1-2-13-32(14-3-1)49-54-50(33-27-25-31(26-28-33)47-39-19-7-6-18-38(39)46-43-20-9-11-24-45(43)58-52(46)53-47)56-51(55-49)42-30-29-36(34-15-4-5-16-35(34)42)40-21-12-22-41-37-17-8-10-23-44(37)57-48(40)41/h1-30H. The van der Waals surface area contributed by atoms with Gasteiger partial charge in [0.05, 0.1) is 11.1 Å². The van der Waals surface area contributed by atoms with E-state index >= 15 is 0 Å². The molecule has 6 nitrogen and oxygen atoms in total. The average molecular weight is 743 g/mol. The highest BCUT2D eigenvalue weighted by Gasteiger charge is 2.20. The first kappa shape index (κ1) is 32.3. The first-order chi connectivity index (χ1) is 28.7. The summed E-state index contributed by atoms with van der Waals surface area (Å²) in [7, 11) is 0. The molecule has 12 rings (SSSR count). The molecular formula is C52H30N4O2. The number of hydrogen-bond donors (Lipinski definition) is 0. The maximum atomic E-state index is 6.48. The fourth-order valence-corrected chi connectivity index (χ4v) is 8.47. The number of hydrogen-bond acceptors (Lipinski definition) is 6. The second-order valence-corrected chi connectivity index (χ2v) is 14.5. The van der Waals surface area contributed by atoms with Crippen molar-refractivity contribution in [3.8, 4) is 56.5 Å². The Hall–Kier alpha value is -7.96. The highest BCUT2D eigenvalue weighted by Crippen LogP contribution is 2.42. The minimum atomic E-state index is 0.584. The lowest BCUT2D eigenvalue weighted by molar-refractivity contribution is 0.655. The zero-order valence-corrected chi connectivity index (χ0v) is 30.9. The third-order valence-electron chi connectivity index (χ3n) is 11.2. The lowest BCUT2D eigenvalue weighted by Gasteiger charge is -2.13. The van der Waals surface area contributed by atoms with Crippen molar-refractivity contribution in [1.82, 2.24) is 19.9 Å². The fraction of sp³-hybridized carbons (Fsp3) is 0. The molecule has 0 N–H and O–H groups in total. The van der Waals surface area contributed by atoms with Gasteiger partial charge in [-0.25, -0.2) is 19.9 Å². The van der Waals surface area contributed by atoms with Gasteiger partial charge in [0.2, 0.25) is 5.71 Å². The van der Waals surface area contributed by atoms with Gasteiger partial charge in [0.1, 0.15) is 16.7 Å². The van der Waals surface area contributed by atoms with Crippen molar-refractivity contribution >= 4 is 65.6 Å². The molecule has 0 bridgehead atoms. The molecule has 4 heterocycles. The van der Waals surface area contributed by atoms with Crippen LogP contribution in [0, 0.1) is 0 Å². The summed E-state index contributed by atoms with van der Waals surface area (Å²) in [6, 6.07) is 62.2. The molecular weight excluding hydrogens is 713 g/mol. The average Bonchev–Trinajstić information content (AvgIpc) is 3.87. The first-order valence-electron chi connectivity index (χ1n) is 19.3. The Morgan fingerprint density at radius 1 is 0.293 bits per heavy atom. The molecule has 0 saturated carbocycles. The van der Waals surface area contributed by atoms with Crippen LogP contribution in [0.4, 0.5) is 0 Å². The highest BCUT2D eigenvalue weighted by atomic mass is 16.3. The largest absolute Gasteiger partial charge is 0.455 e. The maximum Gasteiger partial charge on any atom is 0.228 e. The van der Waals surface area contributed by atoms with Gasteiger partial charge in [-0.2, -0.15) is 0 Å². The van der Waals surface area contributed by atoms with Crippen LogP contribution in [0.2, 0.25) is 0 Å². The van der Waals surface area contributed by atoms with Crippen molar-refractivity contribution in [2.75, 3.05) is 0 Å². The van der Waals surface area contributed by atoms with Crippen molar-refractivity contribution < 1.29 is 8.83 Å². The molecule has 4 aromatic heterocycles. The van der Waals surface area contributed by atoms with Crippen LogP contribution in [0.5, 0.6) is 0 Å². The second-order valence-electron chi connectivity index (χ2n) is 14.5. The highest BCUT2D eigenvalue weighted by molar-refractivity contribution is 6.20. The van der Waals surface area contributed by atoms with E-state index in [2.05, 4.69) is 121 Å². The molecule has 6 heteroatoms. The molecule has 0 aliphatic carbocycles. The molecule has 270 valence electrons. The van der Waals surface area contributed by atoms with Crippen molar-refractivity contribution in [2.45, 2.75) is 0 Å². The molecule has 58 heavy (non-hydrogen) atoms. The number of fused-ring (bicyclic) bond motifs is 9. The lowest BCUT2D eigenvalue weighted by Crippen LogP contribution is -2.01.